The minimum atomic E-state index is -0.508. The Morgan fingerprint density at radius 1 is 1.19 bits per heavy atom. The van der Waals surface area contributed by atoms with Crippen LogP contribution in [0.15, 0.2) is 42.5 Å². The van der Waals surface area contributed by atoms with Crippen molar-refractivity contribution in [3.8, 4) is 11.5 Å². The van der Waals surface area contributed by atoms with Gasteiger partial charge in [0.2, 0.25) is 5.91 Å². The molecule has 0 spiro atoms. The van der Waals surface area contributed by atoms with Crippen molar-refractivity contribution in [2.75, 3.05) is 5.73 Å². The molecule has 0 aliphatic carbocycles. The first-order chi connectivity index (χ1) is 10.0. The number of amides is 1. The Labute approximate surface area is 124 Å². The Morgan fingerprint density at radius 2 is 1.86 bits per heavy atom. The third-order valence-corrected chi connectivity index (χ3v) is 3.58. The molecule has 0 aromatic heterocycles. The van der Waals surface area contributed by atoms with Crippen LogP contribution in [0.25, 0.3) is 0 Å². The zero-order valence-electron chi connectivity index (χ0n) is 12.3. The van der Waals surface area contributed by atoms with Crippen LogP contribution < -0.4 is 16.2 Å². The van der Waals surface area contributed by atoms with Crippen LogP contribution in [0.5, 0.6) is 11.5 Å². The van der Waals surface area contributed by atoms with Gasteiger partial charge in [0.15, 0.2) is 0 Å². The van der Waals surface area contributed by atoms with Crippen LogP contribution in [0.2, 0.25) is 0 Å². The van der Waals surface area contributed by atoms with Crippen LogP contribution in [-0.4, -0.2) is 5.91 Å². The van der Waals surface area contributed by atoms with E-state index in [1.807, 2.05) is 12.1 Å². The average Bonchev–Trinajstić information content (AvgIpc) is 2.49. The Morgan fingerprint density at radius 3 is 2.38 bits per heavy atom. The second-order valence-electron chi connectivity index (χ2n) is 5.10. The monoisotopic (exact) mass is 284 g/mol. The number of carbonyl (C=O) groups is 1. The van der Waals surface area contributed by atoms with E-state index >= 15 is 0 Å². The minimum Gasteiger partial charge on any atom is -0.455 e. The molecule has 4 nitrogen and oxygen atoms in total. The third-order valence-electron chi connectivity index (χ3n) is 3.58. The molecule has 0 heterocycles. The molecule has 0 saturated carbocycles. The average molecular weight is 284 g/mol. The first kappa shape index (κ1) is 14.9. The highest BCUT2D eigenvalue weighted by molar-refractivity contribution is 5.94. The molecule has 0 aliphatic heterocycles. The van der Waals surface area contributed by atoms with Gasteiger partial charge in [0, 0.05) is 5.56 Å². The molecule has 0 fully saturated rings. The summed E-state index contributed by atoms with van der Waals surface area (Å²) < 4.78 is 5.74. The maximum Gasteiger partial charge on any atom is 0.248 e. The molecule has 0 radical (unpaired) electrons. The van der Waals surface area contributed by atoms with E-state index in [-0.39, 0.29) is 0 Å². The lowest BCUT2D eigenvalue weighted by Crippen LogP contribution is -2.11. The van der Waals surface area contributed by atoms with Gasteiger partial charge in [-0.1, -0.05) is 26.0 Å². The first-order valence-corrected chi connectivity index (χ1v) is 6.98. The number of nitrogens with two attached hydrogens (primary N) is 2. The Balaban J connectivity index is 2.16. The predicted octanol–water partition coefficient (Wildman–Crippen LogP) is 3.67. The molecule has 2 aromatic rings. The Hall–Kier alpha value is -2.49. The molecule has 0 aliphatic rings. The molecule has 110 valence electrons. The van der Waals surface area contributed by atoms with E-state index in [1.165, 1.54) is 11.6 Å². The van der Waals surface area contributed by atoms with E-state index in [2.05, 4.69) is 26.0 Å². The fraction of sp³-hybridized carbons (Fsp3) is 0.235. The number of nitrogen functional groups attached to an aromatic ring is 1. The van der Waals surface area contributed by atoms with Crippen molar-refractivity contribution in [1.82, 2.24) is 0 Å². The molecule has 0 bridgehead atoms. The molecule has 2 aromatic carbocycles. The molecular formula is C17H20N2O2. The van der Waals surface area contributed by atoms with Crippen molar-refractivity contribution in [1.29, 1.82) is 0 Å². The zero-order valence-corrected chi connectivity index (χ0v) is 12.3. The predicted molar refractivity (Wildman–Crippen MR) is 84.6 cm³/mol. The van der Waals surface area contributed by atoms with Gasteiger partial charge in [0.05, 0.1) is 5.69 Å². The van der Waals surface area contributed by atoms with Crippen molar-refractivity contribution in [2.45, 2.75) is 26.2 Å². The number of benzene rings is 2. The number of carbonyl (C=O) groups excluding carboxylic acids is 1. The largest absolute Gasteiger partial charge is 0.455 e. The fourth-order valence-corrected chi connectivity index (χ4v) is 2.02. The summed E-state index contributed by atoms with van der Waals surface area (Å²) in [6.07, 6.45) is 1.10. The van der Waals surface area contributed by atoms with Gasteiger partial charge in [-0.05, 0) is 48.2 Å². The quantitative estimate of drug-likeness (QED) is 0.822. The maximum atomic E-state index is 11.1. The van der Waals surface area contributed by atoms with E-state index in [4.69, 9.17) is 16.2 Å². The molecule has 0 saturated heterocycles. The van der Waals surface area contributed by atoms with E-state index < -0.39 is 5.91 Å². The standard InChI is InChI=1S/C17H20N2O2/c1-3-11(2)12-4-7-14(8-5-12)21-16-9-6-13(17(19)20)10-15(16)18/h4-11H,3,18H2,1-2H3,(H2,19,20). The Kier molecular flexibility index (Phi) is 4.48. The van der Waals surface area contributed by atoms with Crippen molar-refractivity contribution in [3.05, 3.63) is 53.6 Å². The van der Waals surface area contributed by atoms with Crippen molar-refractivity contribution in [2.24, 2.45) is 5.73 Å². The molecule has 4 N–H and O–H groups in total. The summed E-state index contributed by atoms with van der Waals surface area (Å²) in [5, 5.41) is 0. The number of rotatable bonds is 5. The number of hydrogen-bond donors (Lipinski definition) is 2. The van der Waals surface area contributed by atoms with Gasteiger partial charge in [-0.15, -0.1) is 0 Å². The van der Waals surface area contributed by atoms with E-state index in [0.717, 1.165) is 6.42 Å². The summed E-state index contributed by atoms with van der Waals surface area (Å²) in [6, 6.07) is 12.7. The molecule has 1 amide bonds. The van der Waals surface area contributed by atoms with Gasteiger partial charge in [0.1, 0.15) is 11.5 Å². The molecule has 1 atom stereocenters. The summed E-state index contributed by atoms with van der Waals surface area (Å²) in [5.74, 6) is 1.24. The second-order valence-corrected chi connectivity index (χ2v) is 5.10. The Bertz CT molecular complexity index is 636. The van der Waals surface area contributed by atoms with Gasteiger partial charge in [-0.3, -0.25) is 4.79 Å². The molecule has 21 heavy (non-hydrogen) atoms. The number of primary amides is 1. The molecular weight excluding hydrogens is 264 g/mol. The fourth-order valence-electron chi connectivity index (χ4n) is 2.02. The molecule has 1 unspecified atom stereocenters. The maximum absolute atomic E-state index is 11.1. The van der Waals surface area contributed by atoms with Crippen LogP contribution >= 0.6 is 0 Å². The van der Waals surface area contributed by atoms with Gasteiger partial charge < -0.3 is 16.2 Å². The van der Waals surface area contributed by atoms with E-state index in [1.54, 1.807) is 12.1 Å². The summed E-state index contributed by atoms with van der Waals surface area (Å²) in [4.78, 5) is 11.1. The van der Waals surface area contributed by atoms with Gasteiger partial charge >= 0.3 is 0 Å². The van der Waals surface area contributed by atoms with E-state index in [9.17, 15) is 4.79 Å². The zero-order chi connectivity index (χ0) is 15.4. The van der Waals surface area contributed by atoms with Crippen molar-refractivity contribution in [3.63, 3.8) is 0 Å². The van der Waals surface area contributed by atoms with Crippen LogP contribution in [-0.2, 0) is 0 Å². The van der Waals surface area contributed by atoms with Crippen LogP contribution in [0.4, 0.5) is 5.69 Å². The van der Waals surface area contributed by atoms with Gasteiger partial charge in [0.25, 0.3) is 0 Å². The highest BCUT2D eigenvalue weighted by Gasteiger charge is 2.08. The normalized spacial score (nSPS) is 11.9. The highest BCUT2D eigenvalue weighted by atomic mass is 16.5. The van der Waals surface area contributed by atoms with Crippen LogP contribution in [0.1, 0.15) is 42.1 Å². The van der Waals surface area contributed by atoms with Crippen LogP contribution in [0, 0.1) is 0 Å². The smallest absolute Gasteiger partial charge is 0.248 e. The number of hydrogen-bond acceptors (Lipinski definition) is 3. The van der Waals surface area contributed by atoms with Gasteiger partial charge in [-0.25, -0.2) is 0 Å². The minimum absolute atomic E-state index is 0.368. The van der Waals surface area contributed by atoms with E-state index in [0.29, 0.717) is 28.7 Å². The third kappa shape index (κ3) is 3.54. The SMILES string of the molecule is CCC(C)c1ccc(Oc2ccc(C(N)=O)cc2N)cc1. The van der Waals surface area contributed by atoms with Gasteiger partial charge in [-0.2, -0.15) is 0 Å². The lowest BCUT2D eigenvalue weighted by molar-refractivity contribution is 0.100. The van der Waals surface area contributed by atoms with Crippen molar-refractivity contribution >= 4 is 11.6 Å². The molecule has 2 rings (SSSR count). The van der Waals surface area contributed by atoms with Crippen molar-refractivity contribution < 1.29 is 9.53 Å². The lowest BCUT2D eigenvalue weighted by Gasteiger charge is -2.12. The number of ether oxygens (including phenoxy) is 1. The second kappa shape index (κ2) is 6.31. The topological polar surface area (TPSA) is 78.3 Å². The number of anilines is 1. The summed E-state index contributed by atoms with van der Waals surface area (Å²) in [5.41, 5.74) is 13.1. The summed E-state index contributed by atoms with van der Waals surface area (Å²) in [6.45, 7) is 4.35. The first-order valence-electron chi connectivity index (χ1n) is 6.98. The lowest BCUT2D eigenvalue weighted by atomic mass is 9.99. The van der Waals surface area contributed by atoms with Crippen LogP contribution in [0.3, 0.4) is 0 Å². The highest BCUT2D eigenvalue weighted by Crippen LogP contribution is 2.29. The molecule has 4 heteroatoms. The summed E-state index contributed by atoms with van der Waals surface area (Å²) >= 11 is 0. The summed E-state index contributed by atoms with van der Waals surface area (Å²) in [7, 11) is 0.